The van der Waals surface area contributed by atoms with Crippen LogP contribution in [0.3, 0.4) is 0 Å². The molecule has 0 spiro atoms. The highest BCUT2D eigenvalue weighted by Crippen LogP contribution is 2.52. The molecule has 9 heteroatoms. The van der Waals surface area contributed by atoms with Gasteiger partial charge in [0.15, 0.2) is 0 Å². The molecule has 2 aliphatic heterocycles. The molecule has 6 nitrogen and oxygen atoms in total. The maximum absolute atomic E-state index is 3.65. The second-order valence-electron chi connectivity index (χ2n) is 21.1. The molecule has 0 unspecified atom stereocenters. The fourth-order valence-electron chi connectivity index (χ4n) is 12.4. The molecular formula is C76H51BrN6S2. The van der Waals surface area contributed by atoms with Crippen molar-refractivity contribution in [1.82, 2.24) is 18.3 Å². The van der Waals surface area contributed by atoms with Crippen LogP contribution in [0.5, 0.6) is 0 Å². The molecule has 0 bridgehead atoms. The van der Waals surface area contributed by atoms with E-state index in [2.05, 4.69) is 348 Å². The Morgan fingerprint density at radius 1 is 0.282 bits per heavy atom. The third kappa shape index (κ3) is 8.89. The van der Waals surface area contributed by atoms with Crippen molar-refractivity contribution < 1.29 is 0 Å². The molecular weight excluding hydrogens is 1140 g/mol. The van der Waals surface area contributed by atoms with Crippen LogP contribution in [0.2, 0.25) is 0 Å². The zero-order valence-electron chi connectivity index (χ0n) is 45.8. The highest BCUT2D eigenvalue weighted by atomic mass is 79.9. The lowest BCUT2D eigenvalue weighted by atomic mass is 10.1. The minimum atomic E-state index is 1.10. The van der Waals surface area contributed by atoms with Gasteiger partial charge in [-0.1, -0.05) is 173 Å². The lowest BCUT2D eigenvalue weighted by molar-refractivity contribution is 1.13. The van der Waals surface area contributed by atoms with E-state index in [4.69, 9.17) is 0 Å². The van der Waals surface area contributed by atoms with Gasteiger partial charge in [-0.05, 0) is 158 Å². The van der Waals surface area contributed by atoms with Gasteiger partial charge in [0.1, 0.15) is 0 Å². The van der Waals surface area contributed by atoms with E-state index in [1.807, 2.05) is 23.5 Å². The Kier molecular flexibility index (Phi) is 12.8. The largest absolute Gasteiger partial charge is 0.354 e. The van der Waals surface area contributed by atoms with Crippen molar-refractivity contribution in [3.05, 3.63) is 308 Å². The molecule has 16 aromatic rings. The van der Waals surface area contributed by atoms with Crippen LogP contribution in [0.25, 0.3) is 88.2 Å². The second-order valence-corrected chi connectivity index (χ2v) is 24.2. The second kappa shape index (κ2) is 21.4. The van der Waals surface area contributed by atoms with E-state index >= 15 is 0 Å². The van der Waals surface area contributed by atoms with Crippen molar-refractivity contribution >= 4 is 133 Å². The molecule has 2 aliphatic rings. The van der Waals surface area contributed by atoms with Crippen LogP contribution in [-0.2, 0) is 0 Å². The molecule has 1 N–H and O–H groups in total. The van der Waals surface area contributed by atoms with Crippen LogP contribution < -0.4 is 10.2 Å². The normalized spacial score (nSPS) is 12.3. The molecule has 404 valence electrons. The highest BCUT2D eigenvalue weighted by Gasteiger charge is 2.26. The lowest BCUT2D eigenvalue weighted by Gasteiger charge is -2.32. The Morgan fingerprint density at radius 3 is 1.16 bits per heavy atom. The Morgan fingerprint density at radius 2 is 0.671 bits per heavy atom. The molecule has 18 rings (SSSR count). The molecule has 0 aliphatic carbocycles. The SMILES string of the molecule is Brc1ccc2c(c1)c1ccc3c(ccn3-c3ccccc3)c1n2-c1ccccc1.c1ccc(-n2ccc3c2ccc2c4cc(N5c6ccccc6Sc6ccccc65)ccc4n(-c4ccccc4)c23)cc1.c1ccc2c(c1)Nc1ccccc1S2. The average molecular weight is 1190 g/mol. The molecule has 0 fully saturated rings. The van der Waals surface area contributed by atoms with Crippen molar-refractivity contribution in [1.29, 1.82) is 0 Å². The molecule has 0 radical (unpaired) electrons. The van der Waals surface area contributed by atoms with E-state index in [1.54, 1.807) is 0 Å². The summed E-state index contributed by atoms with van der Waals surface area (Å²) in [4.78, 5) is 7.55. The predicted molar refractivity (Wildman–Crippen MR) is 362 cm³/mol. The van der Waals surface area contributed by atoms with Crippen LogP contribution in [-0.4, -0.2) is 18.3 Å². The number of nitrogens with zero attached hydrogens (tertiary/aromatic N) is 5. The number of benzene rings is 12. The minimum Gasteiger partial charge on any atom is -0.354 e. The van der Waals surface area contributed by atoms with Crippen molar-refractivity contribution in [3.8, 4) is 22.7 Å². The Hall–Kier alpha value is -9.90. The van der Waals surface area contributed by atoms with E-state index in [0.29, 0.717) is 0 Å². The van der Waals surface area contributed by atoms with Crippen LogP contribution in [0.1, 0.15) is 0 Å². The number of hydrogen-bond acceptors (Lipinski definition) is 4. The van der Waals surface area contributed by atoms with Crippen LogP contribution >= 0.6 is 39.5 Å². The van der Waals surface area contributed by atoms with Crippen LogP contribution in [0, 0.1) is 0 Å². The van der Waals surface area contributed by atoms with Gasteiger partial charge in [-0.25, -0.2) is 0 Å². The topological polar surface area (TPSA) is 35.0 Å². The number of aromatic nitrogens is 4. The quantitative estimate of drug-likeness (QED) is 0.186. The van der Waals surface area contributed by atoms with Gasteiger partial charge in [0, 0.05) is 97.2 Å². The molecule has 0 saturated heterocycles. The third-order valence-electron chi connectivity index (χ3n) is 16.2. The summed E-state index contributed by atoms with van der Waals surface area (Å²) in [6.45, 7) is 0. The van der Waals surface area contributed by atoms with Crippen molar-refractivity contribution in [2.24, 2.45) is 0 Å². The zero-order valence-corrected chi connectivity index (χ0v) is 49.0. The summed E-state index contributed by atoms with van der Waals surface area (Å²) in [6.07, 6.45) is 4.36. The van der Waals surface area contributed by atoms with E-state index in [0.717, 1.165) is 21.5 Å². The molecule has 85 heavy (non-hydrogen) atoms. The van der Waals surface area contributed by atoms with E-state index < -0.39 is 0 Å². The number of anilines is 5. The van der Waals surface area contributed by atoms with Gasteiger partial charge in [-0.2, -0.15) is 0 Å². The first-order chi connectivity index (χ1) is 42.1. The van der Waals surface area contributed by atoms with Gasteiger partial charge >= 0.3 is 0 Å². The van der Waals surface area contributed by atoms with Crippen LogP contribution in [0.4, 0.5) is 28.4 Å². The third-order valence-corrected chi connectivity index (χ3v) is 19.0. The predicted octanol–water partition coefficient (Wildman–Crippen LogP) is 22.0. The summed E-state index contributed by atoms with van der Waals surface area (Å²) in [5.41, 5.74) is 18.0. The molecule has 4 aromatic heterocycles. The Bertz CT molecular complexity index is 5050. The summed E-state index contributed by atoms with van der Waals surface area (Å²) in [5, 5.41) is 10.9. The monoisotopic (exact) mass is 1190 g/mol. The number of fused-ring (bicyclic) bond motifs is 14. The number of para-hydroxylation sites is 8. The molecule has 0 saturated carbocycles. The Balaban J connectivity index is 0.000000117. The molecule has 0 atom stereocenters. The number of rotatable bonds is 5. The molecule has 12 aromatic carbocycles. The van der Waals surface area contributed by atoms with Crippen molar-refractivity contribution in [2.45, 2.75) is 19.6 Å². The maximum Gasteiger partial charge on any atom is 0.0635 e. The zero-order chi connectivity index (χ0) is 56.4. The first-order valence-corrected chi connectivity index (χ1v) is 30.8. The summed E-state index contributed by atoms with van der Waals surface area (Å²) in [6, 6.07) is 104. The van der Waals surface area contributed by atoms with Crippen molar-refractivity contribution in [2.75, 3.05) is 10.2 Å². The van der Waals surface area contributed by atoms with Gasteiger partial charge in [0.05, 0.1) is 55.8 Å². The minimum absolute atomic E-state index is 1.10. The van der Waals surface area contributed by atoms with E-state index in [-0.39, 0.29) is 0 Å². The standard InChI is InChI=1S/C38H25N3S.C26H17BrN2.C12H9NS/c1-3-11-26(12-4-1)39-24-23-30-32(39)22-20-29-31-25-28(19-21-33(31)41(38(29)30)27-13-5-2-6-14-27)40-34-15-7-9-17-36(34)42-37-18-10-8-16-35(37)40;27-18-11-13-25-23(17-18)21-12-14-24-22(15-16-28(24)19-7-3-1-4-8-19)26(21)29(25)20-9-5-2-6-10-20;1-3-7-11-9(5-1)13-10-6-2-4-8-12(10)14-11/h1-25H;1-17H;1-8,13H. The maximum atomic E-state index is 3.65. The smallest absolute Gasteiger partial charge is 0.0635 e. The van der Waals surface area contributed by atoms with Crippen LogP contribution in [0.15, 0.2) is 328 Å². The molecule has 0 amide bonds. The number of halogens is 1. The lowest BCUT2D eigenvalue weighted by Crippen LogP contribution is -2.14. The highest BCUT2D eigenvalue weighted by molar-refractivity contribution is 9.10. The fourth-order valence-corrected chi connectivity index (χ4v) is 14.8. The summed E-state index contributed by atoms with van der Waals surface area (Å²) < 4.78 is 10.5. The first-order valence-electron chi connectivity index (χ1n) is 28.4. The fraction of sp³-hybridized carbons (Fsp3) is 0. The van der Waals surface area contributed by atoms with E-state index in [9.17, 15) is 0 Å². The summed E-state index contributed by atoms with van der Waals surface area (Å²) in [5.74, 6) is 0. The van der Waals surface area contributed by atoms with Crippen molar-refractivity contribution in [3.63, 3.8) is 0 Å². The number of hydrogen-bond donors (Lipinski definition) is 1. The van der Waals surface area contributed by atoms with Gasteiger partial charge < -0.3 is 28.5 Å². The number of nitrogens with one attached hydrogen (secondary N) is 1. The van der Waals surface area contributed by atoms with E-state index in [1.165, 1.54) is 119 Å². The van der Waals surface area contributed by atoms with Gasteiger partial charge in [0.25, 0.3) is 0 Å². The summed E-state index contributed by atoms with van der Waals surface area (Å²) in [7, 11) is 0. The van der Waals surface area contributed by atoms with Gasteiger partial charge in [0.2, 0.25) is 0 Å². The summed E-state index contributed by atoms with van der Waals surface area (Å²) >= 11 is 7.32. The Labute approximate surface area is 508 Å². The first kappa shape index (κ1) is 50.8. The molecule has 6 heterocycles. The average Bonchev–Trinajstić information content (AvgIpc) is 1.77. The van der Waals surface area contributed by atoms with Gasteiger partial charge in [-0.15, -0.1) is 0 Å². The van der Waals surface area contributed by atoms with Gasteiger partial charge in [-0.3, -0.25) is 0 Å².